The molecular weight excluding hydrogens is 286 g/mol. The molecule has 0 N–H and O–H groups in total. The molecule has 0 radical (unpaired) electrons. The third kappa shape index (κ3) is 1.27. The fourth-order valence-electron chi connectivity index (χ4n) is 4.47. The molecule has 3 heteroatoms. The van der Waals surface area contributed by atoms with Gasteiger partial charge in [0.15, 0.2) is 0 Å². The Kier molecular flexibility index (Phi) is 2.23. The summed E-state index contributed by atoms with van der Waals surface area (Å²) in [5.41, 5.74) is 4.32. The maximum Gasteiger partial charge on any atom is 0.298 e. The van der Waals surface area contributed by atoms with Crippen LogP contribution in [0.15, 0.2) is 72.8 Å². The van der Waals surface area contributed by atoms with Crippen molar-refractivity contribution in [3.63, 3.8) is 0 Å². The van der Waals surface area contributed by atoms with E-state index in [0.29, 0.717) is 0 Å². The summed E-state index contributed by atoms with van der Waals surface area (Å²) in [5, 5.41) is 12.4. The molecule has 0 atom stereocenters. The normalized spacial score (nSPS) is 22.9. The number of rotatable bonds is 1. The molecule has 6 rings (SSSR count). The number of hydrogen-bond donors (Lipinski definition) is 0. The standard InChI is InChI=1S/C20H13NO2/c22-21(23)20-16-10-4-1-7-13(16)19(14-8-2-5-11-17(14)20)15-9-3-6-12-18(15)20/h1-12,19H. The van der Waals surface area contributed by atoms with Crippen molar-refractivity contribution < 1.29 is 4.92 Å². The molecule has 0 heterocycles. The quantitative estimate of drug-likeness (QED) is 0.502. The van der Waals surface area contributed by atoms with E-state index in [0.717, 1.165) is 33.4 Å². The average Bonchev–Trinajstić information content (AvgIpc) is 2.61. The fraction of sp³-hybridized carbons (Fsp3) is 0.100. The van der Waals surface area contributed by atoms with Gasteiger partial charge in [-0.2, -0.15) is 0 Å². The fourth-order valence-corrected chi connectivity index (χ4v) is 4.47. The maximum atomic E-state index is 12.4. The topological polar surface area (TPSA) is 43.1 Å². The second-order valence-corrected chi connectivity index (χ2v) is 6.16. The lowest BCUT2D eigenvalue weighted by molar-refractivity contribution is -0.554. The molecule has 0 spiro atoms. The van der Waals surface area contributed by atoms with E-state index in [-0.39, 0.29) is 10.8 Å². The minimum absolute atomic E-state index is 0.0837. The highest BCUT2D eigenvalue weighted by Crippen LogP contribution is 2.58. The minimum Gasteiger partial charge on any atom is -0.263 e. The Hall–Kier alpha value is -2.94. The molecular formula is C20H13NO2. The third-order valence-electron chi connectivity index (χ3n) is 5.26. The summed E-state index contributed by atoms with van der Waals surface area (Å²) in [5.74, 6) is 0.0837. The zero-order valence-corrected chi connectivity index (χ0v) is 12.3. The summed E-state index contributed by atoms with van der Waals surface area (Å²) in [7, 11) is 0. The number of benzene rings is 3. The van der Waals surface area contributed by atoms with Gasteiger partial charge in [0.05, 0.1) is 0 Å². The van der Waals surface area contributed by atoms with Crippen LogP contribution in [0, 0.1) is 10.1 Å². The molecule has 3 aliphatic rings. The molecule has 110 valence electrons. The zero-order valence-electron chi connectivity index (χ0n) is 12.3. The van der Waals surface area contributed by atoms with Gasteiger partial charge in [0.1, 0.15) is 0 Å². The average molecular weight is 299 g/mol. The molecule has 0 aliphatic heterocycles. The van der Waals surface area contributed by atoms with Gasteiger partial charge in [-0.3, -0.25) is 10.1 Å². The summed E-state index contributed by atoms with van der Waals surface area (Å²) in [6.45, 7) is 0. The van der Waals surface area contributed by atoms with Crippen molar-refractivity contribution in [3.05, 3.63) is 116 Å². The first kappa shape index (κ1) is 12.6. The van der Waals surface area contributed by atoms with E-state index in [1.807, 2.05) is 72.8 Å². The van der Waals surface area contributed by atoms with Gasteiger partial charge in [-0.25, -0.2) is 0 Å². The molecule has 2 bridgehead atoms. The van der Waals surface area contributed by atoms with Crippen molar-refractivity contribution in [2.24, 2.45) is 0 Å². The van der Waals surface area contributed by atoms with E-state index in [2.05, 4.69) is 0 Å². The molecule has 0 amide bonds. The lowest BCUT2D eigenvalue weighted by Crippen LogP contribution is -2.47. The molecule has 23 heavy (non-hydrogen) atoms. The summed E-state index contributed by atoms with van der Waals surface area (Å²) in [4.78, 5) is 12.3. The molecule has 3 aromatic rings. The number of nitrogens with zero attached hydrogens (tertiary/aromatic N) is 1. The Bertz CT molecular complexity index is 861. The first-order chi connectivity index (χ1) is 11.3. The predicted octanol–water partition coefficient (Wildman–Crippen LogP) is 4.06. The van der Waals surface area contributed by atoms with E-state index in [4.69, 9.17) is 0 Å². The molecule has 0 aromatic heterocycles. The highest BCUT2D eigenvalue weighted by molar-refractivity contribution is 5.69. The van der Waals surface area contributed by atoms with Crippen molar-refractivity contribution >= 4 is 0 Å². The van der Waals surface area contributed by atoms with Crippen LogP contribution in [0.1, 0.15) is 39.3 Å². The van der Waals surface area contributed by atoms with Gasteiger partial charge >= 0.3 is 0 Å². The van der Waals surface area contributed by atoms with E-state index < -0.39 is 5.54 Å². The summed E-state index contributed by atoms with van der Waals surface area (Å²) in [6, 6.07) is 23.4. The molecule has 3 nitrogen and oxygen atoms in total. The van der Waals surface area contributed by atoms with Crippen LogP contribution in [0.25, 0.3) is 0 Å². The van der Waals surface area contributed by atoms with Crippen LogP contribution in [0.5, 0.6) is 0 Å². The van der Waals surface area contributed by atoms with Crippen molar-refractivity contribution in [2.45, 2.75) is 11.5 Å². The van der Waals surface area contributed by atoms with Crippen LogP contribution in [-0.2, 0) is 5.54 Å². The lowest BCUT2D eigenvalue weighted by atomic mass is 9.57. The van der Waals surface area contributed by atoms with Crippen molar-refractivity contribution in [3.8, 4) is 0 Å². The Morgan fingerprint density at radius 2 is 1.04 bits per heavy atom. The Morgan fingerprint density at radius 1 is 0.696 bits per heavy atom. The second kappa shape index (κ2) is 4.07. The smallest absolute Gasteiger partial charge is 0.263 e. The van der Waals surface area contributed by atoms with Crippen LogP contribution < -0.4 is 0 Å². The van der Waals surface area contributed by atoms with Gasteiger partial charge < -0.3 is 0 Å². The van der Waals surface area contributed by atoms with Crippen LogP contribution in [0.3, 0.4) is 0 Å². The molecule has 0 fully saturated rings. The Labute approximate surface area is 133 Å². The van der Waals surface area contributed by atoms with Gasteiger partial charge in [-0.1, -0.05) is 72.8 Å². The minimum atomic E-state index is -1.29. The molecule has 3 aliphatic carbocycles. The first-order valence-electron chi connectivity index (χ1n) is 7.69. The third-order valence-corrected chi connectivity index (χ3v) is 5.26. The summed E-state index contributed by atoms with van der Waals surface area (Å²) >= 11 is 0. The van der Waals surface area contributed by atoms with Gasteiger partial charge in [-0.15, -0.1) is 0 Å². The number of nitro groups is 1. The lowest BCUT2D eigenvalue weighted by Gasteiger charge is -2.44. The monoisotopic (exact) mass is 299 g/mol. The van der Waals surface area contributed by atoms with Gasteiger partial charge in [0.25, 0.3) is 5.54 Å². The van der Waals surface area contributed by atoms with Crippen LogP contribution in [-0.4, -0.2) is 4.92 Å². The van der Waals surface area contributed by atoms with Crippen molar-refractivity contribution in [1.82, 2.24) is 0 Å². The van der Waals surface area contributed by atoms with Gasteiger partial charge in [0.2, 0.25) is 0 Å². The largest absolute Gasteiger partial charge is 0.298 e. The van der Waals surface area contributed by atoms with Crippen molar-refractivity contribution in [1.29, 1.82) is 0 Å². The Morgan fingerprint density at radius 3 is 1.39 bits per heavy atom. The first-order valence-corrected chi connectivity index (χ1v) is 7.69. The van der Waals surface area contributed by atoms with E-state index in [1.54, 1.807) is 0 Å². The van der Waals surface area contributed by atoms with Crippen LogP contribution >= 0.6 is 0 Å². The molecule has 3 aromatic carbocycles. The summed E-state index contributed by atoms with van der Waals surface area (Å²) in [6.07, 6.45) is 0. The second-order valence-electron chi connectivity index (χ2n) is 6.16. The summed E-state index contributed by atoms with van der Waals surface area (Å²) < 4.78 is 0. The Balaban J connectivity index is 2.04. The predicted molar refractivity (Wildman–Crippen MR) is 87.1 cm³/mol. The number of hydrogen-bond acceptors (Lipinski definition) is 2. The SMILES string of the molecule is O=[N+]([O-])C12c3ccccc3C(c3ccccc31)c1ccccc12. The van der Waals surface area contributed by atoms with Crippen LogP contribution in [0.4, 0.5) is 0 Å². The van der Waals surface area contributed by atoms with Gasteiger partial charge in [-0.05, 0) is 16.7 Å². The van der Waals surface area contributed by atoms with E-state index >= 15 is 0 Å². The van der Waals surface area contributed by atoms with Crippen LogP contribution in [0.2, 0.25) is 0 Å². The molecule has 0 saturated carbocycles. The molecule has 0 unspecified atom stereocenters. The highest BCUT2D eigenvalue weighted by atomic mass is 16.6. The van der Waals surface area contributed by atoms with E-state index in [9.17, 15) is 10.1 Å². The van der Waals surface area contributed by atoms with Crippen molar-refractivity contribution in [2.75, 3.05) is 0 Å². The molecule has 0 saturated heterocycles. The zero-order chi connectivity index (χ0) is 15.6. The van der Waals surface area contributed by atoms with E-state index in [1.165, 1.54) is 0 Å². The highest BCUT2D eigenvalue weighted by Gasteiger charge is 2.60. The van der Waals surface area contributed by atoms with Gasteiger partial charge in [0, 0.05) is 27.5 Å². The maximum absolute atomic E-state index is 12.4.